The van der Waals surface area contributed by atoms with Crippen molar-refractivity contribution in [2.45, 2.75) is 16.3 Å². The van der Waals surface area contributed by atoms with Crippen LogP contribution in [0.25, 0.3) is 0 Å². The van der Waals surface area contributed by atoms with Gasteiger partial charge in [0.25, 0.3) is 0 Å². The van der Waals surface area contributed by atoms with Gasteiger partial charge in [-0.2, -0.15) is 0 Å². The fourth-order valence-corrected chi connectivity index (χ4v) is 3.69. The average molecular weight is 355 g/mol. The van der Waals surface area contributed by atoms with Gasteiger partial charge in [0.2, 0.25) is 20.0 Å². The summed E-state index contributed by atoms with van der Waals surface area (Å²) >= 11 is 0. The van der Waals surface area contributed by atoms with Crippen LogP contribution in [-0.2, 0) is 26.6 Å². The number of hydrogen-bond acceptors (Lipinski definition) is 5. The minimum Gasteiger partial charge on any atom is -0.264 e. The molecule has 0 aliphatic heterocycles. The highest BCUT2D eigenvalue weighted by Gasteiger charge is 2.19. The van der Waals surface area contributed by atoms with Crippen LogP contribution in [0, 0.1) is 0 Å². The van der Waals surface area contributed by atoms with Crippen molar-refractivity contribution in [3.05, 3.63) is 54.4 Å². The van der Waals surface area contributed by atoms with Crippen LogP contribution in [-0.4, -0.2) is 40.2 Å². The minimum atomic E-state index is -3.73. The van der Waals surface area contributed by atoms with Gasteiger partial charge in [-0.1, -0.05) is 6.07 Å². The number of nitrogens with one attached hydrogen (secondary N) is 1. The number of sulfonamides is 2. The van der Waals surface area contributed by atoms with E-state index < -0.39 is 20.0 Å². The van der Waals surface area contributed by atoms with E-state index in [2.05, 4.69) is 9.71 Å². The smallest absolute Gasteiger partial charge is 0.242 e. The van der Waals surface area contributed by atoms with Gasteiger partial charge in [-0.05, 0) is 35.9 Å². The molecule has 0 atom stereocenters. The van der Waals surface area contributed by atoms with E-state index in [4.69, 9.17) is 0 Å². The molecule has 0 saturated carbocycles. The van der Waals surface area contributed by atoms with Gasteiger partial charge >= 0.3 is 0 Å². The Morgan fingerprint density at radius 2 is 1.61 bits per heavy atom. The second-order valence-electron chi connectivity index (χ2n) is 4.94. The van der Waals surface area contributed by atoms with E-state index in [1.165, 1.54) is 38.4 Å². The van der Waals surface area contributed by atoms with Crippen molar-refractivity contribution in [2.75, 3.05) is 14.1 Å². The van der Waals surface area contributed by atoms with Crippen LogP contribution >= 0.6 is 0 Å². The zero-order chi connectivity index (χ0) is 17.1. The number of pyridine rings is 1. The van der Waals surface area contributed by atoms with Crippen LogP contribution in [0.3, 0.4) is 0 Å². The molecule has 1 aromatic heterocycles. The fourth-order valence-electron chi connectivity index (χ4n) is 1.77. The second-order valence-corrected chi connectivity index (χ2v) is 8.86. The van der Waals surface area contributed by atoms with E-state index >= 15 is 0 Å². The molecule has 0 unspecified atom stereocenters. The summed E-state index contributed by atoms with van der Waals surface area (Å²) < 4.78 is 51.8. The lowest BCUT2D eigenvalue weighted by atomic mass is 10.3. The Hall–Kier alpha value is -1.81. The highest BCUT2D eigenvalue weighted by Crippen LogP contribution is 2.17. The number of rotatable bonds is 6. The molecule has 1 N–H and O–H groups in total. The summed E-state index contributed by atoms with van der Waals surface area (Å²) in [5.41, 5.74) is 0.725. The Bertz CT molecular complexity index is 862. The Labute approximate surface area is 136 Å². The molecule has 0 amide bonds. The Balaban J connectivity index is 2.18. The van der Waals surface area contributed by atoms with Crippen molar-refractivity contribution in [1.29, 1.82) is 0 Å². The minimum absolute atomic E-state index is 0.000837. The van der Waals surface area contributed by atoms with Crippen molar-refractivity contribution >= 4 is 20.0 Å². The van der Waals surface area contributed by atoms with Crippen LogP contribution in [0.5, 0.6) is 0 Å². The normalized spacial score (nSPS) is 12.5. The van der Waals surface area contributed by atoms with E-state index in [0.29, 0.717) is 0 Å². The SMILES string of the molecule is CN(C)S(=O)(=O)c1ccc(S(=O)(=O)NCc2cccnc2)cc1. The molecule has 1 aromatic carbocycles. The lowest BCUT2D eigenvalue weighted by molar-refractivity contribution is 0.520. The first-order chi connectivity index (χ1) is 10.7. The van der Waals surface area contributed by atoms with Crippen molar-refractivity contribution in [2.24, 2.45) is 0 Å². The molecule has 124 valence electrons. The standard InChI is InChI=1S/C14H17N3O4S2/c1-17(2)23(20,21)14-7-5-13(6-8-14)22(18,19)16-11-12-4-3-9-15-10-12/h3-10,16H,11H2,1-2H3. The lowest BCUT2D eigenvalue weighted by Crippen LogP contribution is -2.24. The summed E-state index contributed by atoms with van der Waals surface area (Å²) in [5.74, 6) is 0. The Kier molecular flexibility index (Phi) is 5.15. The van der Waals surface area contributed by atoms with Gasteiger partial charge in [-0.3, -0.25) is 4.98 Å². The van der Waals surface area contributed by atoms with Crippen molar-refractivity contribution in [3.8, 4) is 0 Å². The van der Waals surface area contributed by atoms with Crippen molar-refractivity contribution in [1.82, 2.24) is 14.0 Å². The Morgan fingerprint density at radius 1 is 1.00 bits per heavy atom. The van der Waals surface area contributed by atoms with Gasteiger partial charge in [-0.15, -0.1) is 0 Å². The molecule has 23 heavy (non-hydrogen) atoms. The van der Waals surface area contributed by atoms with Gasteiger partial charge in [0.05, 0.1) is 9.79 Å². The number of hydrogen-bond donors (Lipinski definition) is 1. The Morgan fingerprint density at radius 3 is 2.13 bits per heavy atom. The first-order valence-corrected chi connectivity index (χ1v) is 9.57. The topological polar surface area (TPSA) is 96.4 Å². The van der Waals surface area contributed by atoms with E-state index in [1.807, 2.05) is 0 Å². The predicted octanol–water partition coefficient (Wildman–Crippen LogP) is 0.810. The fraction of sp³-hybridized carbons (Fsp3) is 0.214. The zero-order valence-corrected chi connectivity index (χ0v) is 14.3. The van der Waals surface area contributed by atoms with E-state index in [0.717, 1.165) is 9.87 Å². The first kappa shape index (κ1) is 17.5. The molecule has 0 fully saturated rings. The summed E-state index contributed by atoms with van der Waals surface area (Å²) in [6, 6.07) is 8.54. The van der Waals surface area contributed by atoms with Crippen molar-refractivity contribution in [3.63, 3.8) is 0 Å². The van der Waals surface area contributed by atoms with Crippen LogP contribution in [0.4, 0.5) is 0 Å². The van der Waals surface area contributed by atoms with Gasteiger partial charge < -0.3 is 0 Å². The maximum absolute atomic E-state index is 12.2. The molecular formula is C14H17N3O4S2. The van der Waals surface area contributed by atoms with E-state index in [1.54, 1.807) is 24.5 Å². The molecule has 0 bridgehead atoms. The van der Waals surface area contributed by atoms with Gasteiger partial charge in [0.15, 0.2) is 0 Å². The summed E-state index contributed by atoms with van der Waals surface area (Å²) in [5, 5.41) is 0. The molecule has 0 aliphatic carbocycles. The van der Waals surface area contributed by atoms with Crippen LogP contribution < -0.4 is 4.72 Å². The summed E-state index contributed by atoms with van der Waals surface area (Å²) in [6.07, 6.45) is 3.16. The largest absolute Gasteiger partial charge is 0.264 e. The number of aromatic nitrogens is 1. The number of benzene rings is 1. The third-order valence-electron chi connectivity index (χ3n) is 3.10. The van der Waals surface area contributed by atoms with Gasteiger partial charge in [0.1, 0.15) is 0 Å². The molecule has 0 radical (unpaired) electrons. The monoisotopic (exact) mass is 355 g/mol. The first-order valence-electron chi connectivity index (χ1n) is 6.64. The highest BCUT2D eigenvalue weighted by molar-refractivity contribution is 7.89. The summed E-state index contributed by atoms with van der Waals surface area (Å²) in [7, 11) is -4.49. The third kappa shape index (κ3) is 4.14. The molecular weight excluding hydrogens is 338 g/mol. The molecule has 0 aliphatic rings. The molecule has 0 saturated heterocycles. The van der Waals surface area contributed by atoms with Crippen LogP contribution in [0.2, 0.25) is 0 Å². The molecule has 9 heteroatoms. The third-order valence-corrected chi connectivity index (χ3v) is 6.35. The predicted molar refractivity (Wildman–Crippen MR) is 85.6 cm³/mol. The summed E-state index contributed by atoms with van der Waals surface area (Å²) in [6.45, 7) is 0.105. The van der Waals surface area contributed by atoms with Crippen LogP contribution in [0.15, 0.2) is 58.6 Å². The molecule has 7 nitrogen and oxygen atoms in total. The zero-order valence-electron chi connectivity index (χ0n) is 12.7. The quantitative estimate of drug-likeness (QED) is 0.827. The average Bonchev–Trinajstić information content (AvgIpc) is 2.54. The van der Waals surface area contributed by atoms with E-state index in [9.17, 15) is 16.8 Å². The van der Waals surface area contributed by atoms with Crippen LogP contribution in [0.1, 0.15) is 5.56 Å². The van der Waals surface area contributed by atoms with Gasteiger partial charge in [-0.25, -0.2) is 25.9 Å². The van der Waals surface area contributed by atoms with Crippen molar-refractivity contribution < 1.29 is 16.8 Å². The maximum atomic E-state index is 12.2. The molecule has 0 spiro atoms. The second kappa shape index (κ2) is 6.75. The lowest BCUT2D eigenvalue weighted by Gasteiger charge is -2.12. The van der Waals surface area contributed by atoms with Gasteiger partial charge in [0, 0.05) is 33.0 Å². The molecule has 1 heterocycles. The summed E-state index contributed by atoms with van der Waals surface area (Å²) in [4.78, 5) is 3.94. The van der Waals surface area contributed by atoms with E-state index in [-0.39, 0.29) is 16.3 Å². The molecule has 2 aromatic rings. The maximum Gasteiger partial charge on any atom is 0.242 e. The molecule has 2 rings (SSSR count). The highest BCUT2D eigenvalue weighted by atomic mass is 32.2. The number of nitrogens with zero attached hydrogens (tertiary/aromatic N) is 2.